The molecule has 0 amide bonds. The molecule has 1 aromatic rings. The summed E-state index contributed by atoms with van der Waals surface area (Å²) in [6, 6.07) is 10.0. The van der Waals surface area contributed by atoms with Gasteiger partial charge in [0.1, 0.15) is 5.78 Å². The molecule has 92 valence electrons. The highest BCUT2D eigenvalue weighted by atomic mass is 16.3. The maximum absolute atomic E-state index is 11.3. The molecule has 1 rings (SSSR count). The molecule has 0 atom stereocenters. The van der Waals surface area contributed by atoms with Crippen LogP contribution in [-0.2, 0) is 4.79 Å². The molecule has 2 heteroatoms. The molecule has 0 aliphatic carbocycles. The van der Waals surface area contributed by atoms with Gasteiger partial charge >= 0.3 is 0 Å². The second-order valence-electron chi connectivity index (χ2n) is 4.08. The Balaban J connectivity index is 2.65. The minimum absolute atomic E-state index is 0.138. The fourth-order valence-electron chi connectivity index (χ4n) is 1.67. The van der Waals surface area contributed by atoms with Gasteiger partial charge in [0.15, 0.2) is 0 Å². The number of aliphatic hydroxyl groups excluding tert-OH is 1. The maximum Gasteiger partial charge on any atom is 0.132 e. The monoisotopic (exact) mass is 232 g/mol. The van der Waals surface area contributed by atoms with Gasteiger partial charge in [0.25, 0.3) is 0 Å². The van der Waals surface area contributed by atoms with E-state index in [-0.39, 0.29) is 12.4 Å². The summed E-state index contributed by atoms with van der Waals surface area (Å²) in [4.78, 5) is 11.3. The molecular formula is C15H20O2. The second kappa shape index (κ2) is 7.80. The van der Waals surface area contributed by atoms with Gasteiger partial charge in [0.05, 0.1) is 0 Å². The molecule has 17 heavy (non-hydrogen) atoms. The Morgan fingerprint density at radius 3 is 2.47 bits per heavy atom. The number of hydrogen-bond donors (Lipinski definition) is 1. The summed E-state index contributed by atoms with van der Waals surface area (Å²) in [7, 11) is 0. The van der Waals surface area contributed by atoms with Crippen molar-refractivity contribution in [3.63, 3.8) is 0 Å². The summed E-state index contributed by atoms with van der Waals surface area (Å²) in [5.74, 6) is 0.280. The van der Waals surface area contributed by atoms with Crippen molar-refractivity contribution in [1.82, 2.24) is 0 Å². The summed E-state index contributed by atoms with van der Waals surface area (Å²) in [6.07, 6.45) is 4.64. The predicted molar refractivity (Wildman–Crippen MR) is 70.7 cm³/mol. The van der Waals surface area contributed by atoms with Gasteiger partial charge in [-0.1, -0.05) is 48.9 Å². The van der Waals surface area contributed by atoms with Gasteiger partial charge in [-0.25, -0.2) is 0 Å². The van der Waals surface area contributed by atoms with Crippen LogP contribution in [0, 0.1) is 0 Å². The van der Waals surface area contributed by atoms with Gasteiger partial charge < -0.3 is 5.11 Å². The first-order valence-electron chi connectivity index (χ1n) is 6.13. The van der Waals surface area contributed by atoms with Crippen LogP contribution in [0.25, 0.3) is 6.08 Å². The van der Waals surface area contributed by atoms with Crippen molar-refractivity contribution in [2.24, 2.45) is 0 Å². The highest BCUT2D eigenvalue weighted by molar-refractivity contribution is 5.78. The molecule has 1 aromatic carbocycles. The second-order valence-corrected chi connectivity index (χ2v) is 4.08. The van der Waals surface area contributed by atoms with Crippen molar-refractivity contribution >= 4 is 11.9 Å². The smallest absolute Gasteiger partial charge is 0.132 e. The largest absolute Gasteiger partial charge is 0.396 e. The topological polar surface area (TPSA) is 37.3 Å². The summed E-state index contributed by atoms with van der Waals surface area (Å²) < 4.78 is 0. The molecule has 0 saturated heterocycles. The molecule has 0 aliphatic heterocycles. The van der Waals surface area contributed by atoms with Crippen molar-refractivity contribution in [2.75, 3.05) is 6.61 Å². The molecule has 0 saturated carbocycles. The fraction of sp³-hybridized carbons (Fsp3) is 0.400. The highest BCUT2D eigenvalue weighted by Gasteiger charge is 2.02. The lowest BCUT2D eigenvalue weighted by Crippen LogP contribution is -1.97. The third-order valence-corrected chi connectivity index (χ3v) is 2.72. The third kappa shape index (κ3) is 5.45. The van der Waals surface area contributed by atoms with E-state index in [1.165, 1.54) is 0 Å². The van der Waals surface area contributed by atoms with Gasteiger partial charge in [0.2, 0.25) is 0 Å². The Hall–Kier alpha value is -1.41. The lowest BCUT2D eigenvalue weighted by atomic mass is 10.0. The zero-order chi connectivity index (χ0) is 12.5. The van der Waals surface area contributed by atoms with Gasteiger partial charge in [0, 0.05) is 19.4 Å². The van der Waals surface area contributed by atoms with E-state index < -0.39 is 0 Å². The Labute approximate surface area is 103 Å². The minimum atomic E-state index is 0.138. The number of rotatable bonds is 7. The van der Waals surface area contributed by atoms with E-state index >= 15 is 0 Å². The van der Waals surface area contributed by atoms with Gasteiger partial charge in [-0.3, -0.25) is 4.79 Å². The Morgan fingerprint density at radius 1 is 1.18 bits per heavy atom. The average molecular weight is 232 g/mol. The molecule has 0 radical (unpaired) electrons. The first-order valence-corrected chi connectivity index (χ1v) is 6.13. The number of ketones is 1. The molecular weight excluding hydrogens is 212 g/mol. The van der Waals surface area contributed by atoms with Crippen molar-refractivity contribution in [3.05, 3.63) is 41.5 Å². The Morgan fingerprint density at radius 2 is 1.88 bits per heavy atom. The molecule has 0 fully saturated rings. The van der Waals surface area contributed by atoms with Crippen LogP contribution < -0.4 is 0 Å². The van der Waals surface area contributed by atoms with Crippen LogP contribution in [0.15, 0.2) is 35.9 Å². The third-order valence-electron chi connectivity index (χ3n) is 2.72. The minimum Gasteiger partial charge on any atom is -0.396 e. The standard InChI is InChI=1S/C15H20O2/c1-2-15(17)9-8-14(10-11-16)12-13-6-4-3-5-7-13/h3-7,12,16H,2,8-11H2,1H3/b14-12+. The predicted octanol–water partition coefficient (Wildman–Crippen LogP) is 3.21. The lowest BCUT2D eigenvalue weighted by molar-refractivity contribution is -0.118. The van der Waals surface area contributed by atoms with Gasteiger partial charge in [-0.15, -0.1) is 0 Å². The van der Waals surface area contributed by atoms with Gasteiger partial charge in [-0.05, 0) is 18.4 Å². The first kappa shape index (κ1) is 13.7. The highest BCUT2D eigenvalue weighted by Crippen LogP contribution is 2.15. The zero-order valence-electron chi connectivity index (χ0n) is 10.4. The molecule has 0 aliphatic rings. The summed E-state index contributed by atoms with van der Waals surface area (Å²) in [5.41, 5.74) is 2.26. The molecule has 2 nitrogen and oxygen atoms in total. The number of Topliss-reactive ketones (excluding diaryl/α,β-unsaturated/α-hetero) is 1. The van der Waals surface area contributed by atoms with E-state index in [0.29, 0.717) is 19.3 Å². The van der Waals surface area contributed by atoms with Crippen LogP contribution in [-0.4, -0.2) is 17.5 Å². The summed E-state index contributed by atoms with van der Waals surface area (Å²) in [5, 5.41) is 9.01. The number of carbonyl (C=O) groups is 1. The van der Waals surface area contributed by atoms with E-state index in [2.05, 4.69) is 6.08 Å². The number of hydrogen-bond acceptors (Lipinski definition) is 2. The van der Waals surface area contributed by atoms with Crippen molar-refractivity contribution in [1.29, 1.82) is 0 Å². The maximum atomic E-state index is 11.3. The van der Waals surface area contributed by atoms with Crippen LogP contribution >= 0.6 is 0 Å². The number of aliphatic hydroxyl groups is 1. The van der Waals surface area contributed by atoms with E-state index in [4.69, 9.17) is 5.11 Å². The van der Waals surface area contributed by atoms with Crippen LogP contribution in [0.2, 0.25) is 0 Å². The quantitative estimate of drug-likeness (QED) is 0.783. The zero-order valence-corrected chi connectivity index (χ0v) is 10.4. The Kier molecular flexibility index (Phi) is 6.26. The molecule has 0 aromatic heterocycles. The fourth-order valence-corrected chi connectivity index (χ4v) is 1.67. The molecule has 0 unspecified atom stereocenters. The molecule has 0 bridgehead atoms. The SMILES string of the molecule is CCC(=O)CC/C(=C\c1ccccc1)CCO. The summed E-state index contributed by atoms with van der Waals surface area (Å²) in [6.45, 7) is 2.02. The van der Waals surface area contributed by atoms with E-state index in [9.17, 15) is 4.79 Å². The van der Waals surface area contributed by atoms with Crippen molar-refractivity contribution in [3.8, 4) is 0 Å². The van der Waals surface area contributed by atoms with Gasteiger partial charge in [-0.2, -0.15) is 0 Å². The van der Waals surface area contributed by atoms with Crippen LogP contribution in [0.5, 0.6) is 0 Å². The lowest BCUT2D eigenvalue weighted by Gasteiger charge is -2.05. The summed E-state index contributed by atoms with van der Waals surface area (Å²) >= 11 is 0. The molecule has 0 heterocycles. The van der Waals surface area contributed by atoms with Crippen molar-refractivity contribution < 1.29 is 9.90 Å². The van der Waals surface area contributed by atoms with Crippen LogP contribution in [0.4, 0.5) is 0 Å². The number of benzene rings is 1. The van der Waals surface area contributed by atoms with E-state index in [1.54, 1.807) is 0 Å². The van der Waals surface area contributed by atoms with Crippen LogP contribution in [0.3, 0.4) is 0 Å². The van der Waals surface area contributed by atoms with Crippen LogP contribution in [0.1, 0.15) is 38.2 Å². The first-order chi connectivity index (χ1) is 8.26. The van der Waals surface area contributed by atoms with E-state index in [1.807, 2.05) is 37.3 Å². The Bertz CT molecular complexity index is 366. The average Bonchev–Trinajstić information content (AvgIpc) is 2.37. The van der Waals surface area contributed by atoms with Crippen molar-refractivity contribution in [2.45, 2.75) is 32.6 Å². The molecule has 1 N–H and O–H groups in total. The normalized spacial score (nSPS) is 11.5. The number of carbonyl (C=O) groups excluding carboxylic acids is 1. The van der Waals surface area contributed by atoms with E-state index in [0.717, 1.165) is 17.6 Å². The molecule has 0 spiro atoms.